The smallest absolute Gasteiger partial charge is 0.228 e. The van der Waals surface area contributed by atoms with Gasteiger partial charge in [-0.1, -0.05) is 35.0 Å². The Morgan fingerprint density at radius 2 is 2.23 bits per heavy atom. The zero-order valence-corrected chi connectivity index (χ0v) is 13.0. The quantitative estimate of drug-likeness (QED) is 0.888. The second kappa shape index (κ2) is 6.10. The Morgan fingerprint density at radius 3 is 2.91 bits per heavy atom. The highest BCUT2D eigenvalue weighted by atomic mass is 35.5. The maximum Gasteiger partial charge on any atom is 0.228 e. The zero-order valence-electron chi connectivity index (χ0n) is 12.3. The Kier molecular flexibility index (Phi) is 4.18. The summed E-state index contributed by atoms with van der Waals surface area (Å²) in [7, 11) is 1.61. The van der Waals surface area contributed by atoms with Crippen molar-refractivity contribution in [2.75, 3.05) is 13.7 Å². The highest BCUT2D eigenvalue weighted by Gasteiger charge is 2.49. The van der Waals surface area contributed by atoms with E-state index in [1.807, 2.05) is 18.2 Å². The molecule has 0 radical (unpaired) electrons. The highest BCUT2D eigenvalue weighted by Crippen LogP contribution is 2.46. The van der Waals surface area contributed by atoms with Crippen molar-refractivity contribution in [3.8, 4) is 11.3 Å². The van der Waals surface area contributed by atoms with Gasteiger partial charge in [0.25, 0.3) is 0 Å². The number of aromatic nitrogens is 1. The van der Waals surface area contributed by atoms with E-state index < -0.39 is 0 Å². The lowest BCUT2D eigenvalue weighted by Gasteiger charge is -2.12. The van der Waals surface area contributed by atoms with Crippen LogP contribution < -0.4 is 5.32 Å². The largest absolute Gasteiger partial charge is 0.384 e. The van der Waals surface area contributed by atoms with E-state index in [0.717, 1.165) is 18.4 Å². The highest BCUT2D eigenvalue weighted by molar-refractivity contribution is 6.33. The number of ether oxygens (including phenoxy) is 1. The number of nitrogens with one attached hydrogen (secondary N) is 1. The van der Waals surface area contributed by atoms with Gasteiger partial charge in [0.2, 0.25) is 5.91 Å². The first kappa shape index (κ1) is 15.1. The van der Waals surface area contributed by atoms with Gasteiger partial charge in [0.15, 0.2) is 5.76 Å². The molecule has 3 rings (SSSR count). The van der Waals surface area contributed by atoms with Crippen molar-refractivity contribution in [2.24, 2.45) is 5.41 Å². The van der Waals surface area contributed by atoms with E-state index in [1.54, 1.807) is 19.2 Å². The molecule has 0 bridgehead atoms. The number of benzene rings is 1. The van der Waals surface area contributed by atoms with E-state index in [2.05, 4.69) is 10.5 Å². The molecule has 5 nitrogen and oxygen atoms in total. The topological polar surface area (TPSA) is 64.4 Å². The fourth-order valence-corrected chi connectivity index (χ4v) is 2.64. The van der Waals surface area contributed by atoms with Crippen LogP contribution in [0.1, 0.15) is 18.6 Å². The molecule has 1 saturated carbocycles. The number of methoxy groups -OCH3 is 1. The lowest BCUT2D eigenvalue weighted by molar-refractivity contribution is -0.128. The molecule has 22 heavy (non-hydrogen) atoms. The molecule has 2 aromatic rings. The Hall–Kier alpha value is -1.85. The summed E-state index contributed by atoms with van der Waals surface area (Å²) in [6, 6.07) is 9.21. The Labute approximate surface area is 133 Å². The van der Waals surface area contributed by atoms with Crippen LogP contribution in [0.3, 0.4) is 0 Å². The first-order valence-electron chi connectivity index (χ1n) is 7.12. The van der Waals surface area contributed by atoms with Crippen LogP contribution in [0.25, 0.3) is 11.3 Å². The molecule has 1 amide bonds. The van der Waals surface area contributed by atoms with Crippen LogP contribution in [-0.4, -0.2) is 24.8 Å². The Balaban J connectivity index is 1.63. The lowest BCUT2D eigenvalue weighted by atomic mass is 10.1. The van der Waals surface area contributed by atoms with Crippen molar-refractivity contribution in [3.63, 3.8) is 0 Å². The molecule has 1 aromatic carbocycles. The molecular weight excluding hydrogens is 304 g/mol. The molecule has 0 unspecified atom stereocenters. The molecule has 1 N–H and O–H groups in total. The lowest BCUT2D eigenvalue weighted by Crippen LogP contribution is -2.34. The van der Waals surface area contributed by atoms with Gasteiger partial charge in [0.05, 0.1) is 23.6 Å². The van der Waals surface area contributed by atoms with E-state index in [4.69, 9.17) is 20.9 Å². The minimum Gasteiger partial charge on any atom is -0.384 e. The Morgan fingerprint density at radius 1 is 1.45 bits per heavy atom. The number of hydrogen-bond donors (Lipinski definition) is 1. The average Bonchev–Trinajstić information content (AvgIpc) is 3.15. The van der Waals surface area contributed by atoms with Crippen LogP contribution in [0.4, 0.5) is 0 Å². The first-order valence-corrected chi connectivity index (χ1v) is 7.50. The van der Waals surface area contributed by atoms with Gasteiger partial charge in [0, 0.05) is 18.7 Å². The summed E-state index contributed by atoms with van der Waals surface area (Å²) < 4.78 is 10.4. The fourth-order valence-electron chi connectivity index (χ4n) is 2.41. The minimum atomic E-state index is -0.347. The summed E-state index contributed by atoms with van der Waals surface area (Å²) in [6.45, 7) is 0.766. The molecule has 1 aliphatic rings. The SMILES string of the molecule is COCC1(C(=O)NCc2cc(-c3ccccc3Cl)no2)CC1. The fraction of sp³-hybridized carbons (Fsp3) is 0.375. The van der Waals surface area contributed by atoms with Gasteiger partial charge in [-0.3, -0.25) is 4.79 Å². The summed E-state index contributed by atoms with van der Waals surface area (Å²) in [5.41, 5.74) is 1.12. The number of nitrogens with zero attached hydrogens (tertiary/aromatic N) is 1. The number of amides is 1. The van der Waals surface area contributed by atoms with Gasteiger partial charge < -0.3 is 14.6 Å². The third-order valence-corrected chi connectivity index (χ3v) is 4.22. The first-order chi connectivity index (χ1) is 10.6. The van der Waals surface area contributed by atoms with Gasteiger partial charge in [-0.2, -0.15) is 0 Å². The minimum absolute atomic E-state index is 0.00467. The van der Waals surface area contributed by atoms with Gasteiger partial charge in [-0.25, -0.2) is 0 Å². The van der Waals surface area contributed by atoms with E-state index in [9.17, 15) is 4.79 Å². The van der Waals surface area contributed by atoms with Crippen LogP contribution >= 0.6 is 11.6 Å². The van der Waals surface area contributed by atoms with Crippen LogP contribution in [0.2, 0.25) is 5.02 Å². The summed E-state index contributed by atoms with van der Waals surface area (Å²) in [5.74, 6) is 0.599. The third kappa shape index (κ3) is 3.00. The molecule has 1 aromatic heterocycles. The number of rotatable bonds is 6. The van der Waals surface area contributed by atoms with Gasteiger partial charge in [-0.15, -0.1) is 0 Å². The zero-order chi connectivity index (χ0) is 15.6. The molecule has 0 spiro atoms. The van der Waals surface area contributed by atoms with Crippen molar-refractivity contribution < 1.29 is 14.1 Å². The van der Waals surface area contributed by atoms with E-state index >= 15 is 0 Å². The number of hydrogen-bond acceptors (Lipinski definition) is 4. The Bertz CT molecular complexity index is 680. The molecular formula is C16H17ClN2O3. The van der Waals surface area contributed by atoms with E-state index in [-0.39, 0.29) is 11.3 Å². The maximum absolute atomic E-state index is 12.1. The van der Waals surface area contributed by atoms with Crippen molar-refractivity contribution in [1.82, 2.24) is 10.5 Å². The normalized spacial score (nSPS) is 15.5. The molecule has 0 aliphatic heterocycles. The second-order valence-electron chi connectivity index (χ2n) is 5.55. The molecule has 1 aliphatic carbocycles. The predicted octanol–water partition coefficient (Wildman–Crippen LogP) is 3.04. The van der Waals surface area contributed by atoms with Crippen LogP contribution in [0.5, 0.6) is 0 Å². The maximum atomic E-state index is 12.1. The molecule has 1 fully saturated rings. The summed E-state index contributed by atoms with van der Waals surface area (Å²) in [6.07, 6.45) is 1.74. The van der Waals surface area contributed by atoms with Gasteiger partial charge >= 0.3 is 0 Å². The van der Waals surface area contributed by atoms with Crippen molar-refractivity contribution in [1.29, 1.82) is 0 Å². The standard InChI is InChI=1S/C16H17ClN2O3/c1-21-10-16(6-7-16)15(20)18-9-11-8-14(19-22-11)12-4-2-3-5-13(12)17/h2-5,8H,6-7,9-10H2,1H3,(H,18,20). The van der Waals surface area contributed by atoms with Crippen molar-refractivity contribution in [2.45, 2.75) is 19.4 Å². The van der Waals surface area contributed by atoms with Gasteiger partial charge in [-0.05, 0) is 18.9 Å². The summed E-state index contributed by atoms with van der Waals surface area (Å²) >= 11 is 6.13. The summed E-state index contributed by atoms with van der Waals surface area (Å²) in [4.78, 5) is 12.1. The molecule has 6 heteroatoms. The number of carbonyl (C=O) groups excluding carboxylic acids is 1. The second-order valence-corrected chi connectivity index (χ2v) is 5.96. The number of carbonyl (C=O) groups is 1. The average molecular weight is 321 g/mol. The van der Waals surface area contributed by atoms with Crippen LogP contribution in [0.15, 0.2) is 34.9 Å². The molecule has 0 atom stereocenters. The predicted molar refractivity (Wildman–Crippen MR) is 82.3 cm³/mol. The molecule has 1 heterocycles. The van der Waals surface area contributed by atoms with E-state index in [1.165, 1.54) is 0 Å². The number of halogens is 1. The van der Waals surface area contributed by atoms with Gasteiger partial charge in [0.1, 0.15) is 5.69 Å². The molecule has 116 valence electrons. The summed E-state index contributed by atoms with van der Waals surface area (Å²) in [5, 5.41) is 7.50. The molecule has 0 saturated heterocycles. The van der Waals surface area contributed by atoms with Crippen LogP contribution in [-0.2, 0) is 16.1 Å². The van der Waals surface area contributed by atoms with Crippen molar-refractivity contribution in [3.05, 3.63) is 41.1 Å². The van der Waals surface area contributed by atoms with Crippen molar-refractivity contribution >= 4 is 17.5 Å². The van der Waals surface area contributed by atoms with E-state index in [0.29, 0.717) is 29.6 Å². The monoisotopic (exact) mass is 320 g/mol. The third-order valence-electron chi connectivity index (χ3n) is 3.89. The van der Waals surface area contributed by atoms with Crippen LogP contribution in [0, 0.1) is 5.41 Å².